The predicted octanol–water partition coefficient (Wildman–Crippen LogP) is 3.71. The molecular formula is C19H18O3. The molecule has 0 radical (unpaired) electrons. The minimum atomic E-state index is -0.242. The van der Waals surface area contributed by atoms with E-state index in [1.165, 1.54) is 0 Å². The second-order valence-electron chi connectivity index (χ2n) is 5.61. The summed E-state index contributed by atoms with van der Waals surface area (Å²) in [7, 11) is 1.60. The van der Waals surface area contributed by atoms with Crippen LogP contribution >= 0.6 is 0 Å². The monoisotopic (exact) mass is 294 g/mol. The topological polar surface area (TPSA) is 43.4 Å². The highest BCUT2D eigenvalue weighted by molar-refractivity contribution is 6.04. The van der Waals surface area contributed by atoms with Crippen LogP contribution in [0.2, 0.25) is 0 Å². The Bertz CT molecular complexity index is 701. The molecule has 0 heterocycles. The normalized spacial score (nSPS) is 17.5. The SMILES string of the molecule is COc1ccc(C(=O)C2CCc3ccccc3C(=O)C2)cc1. The van der Waals surface area contributed by atoms with Gasteiger partial charge in [0.15, 0.2) is 11.6 Å². The maximum Gasteiger partial charge on any atom is 0.166 e. The van der Waals surface area contributed by atoms with Crippen molar-refractivity contribution in [2.24, 2.45) is 5.92 Å². The molecule has 0 spiro atoms. The Morgan fingerprint density at radius 3 is 2.55 bits per heavy atom. The predicted molar refractivity (Wildman–Crippen MR) is 84.5 cm³/mol. The van der Waals surface area contributed by atoms with Crippen molar-refractivity contribution in [3.8, 4) is 5.75 Å². The van der Waals surface area contributed by atoms with E-state index in [2.05, 4.69) is 0 Å². The first kappa shape index (κ1) is 14.5. The van der Waals surface area contributed by atoms with Crippen LogP contribution in [0.1, 0.15) is 39.1 Å². The number of rotatable bonds is 3. The number of ketones is 2. The molecule has 0 aromatic heterocycles. The molecule has 1 aliphatic rings. The van der Waals surface area contributed by atoms with E-state index >= 15 is 0 Å². The summed E-state index contributed by atoms with van der Waals surface area (Å²) in [5.41, 5.74) is 2.47. The fraction of sp³-hybridized carbons (Fsp3) is 0.263. The zero-order valence-electron chi connectivity index (χ0n) is 12.5. The standard InChI is InChI=1S/C19H18O3/c1-22-16-10-8-14(9-11-16)19(21)15-7-6-13-4-2-3-5-17(13)18(20)12-15/h2-5,8-11,15H,6-7,12H2,1H3. The third kappa shape index (κ3) is 2.80. The van der Waals surface area contributed by atoms with E-state index in [1.54, 1.807) is 31.4 Å². The first-order chi connectivity index (χ1) is 10.7. The van der Waals surface area contributed by atoms with E-state index in [0.29, 0.717) is 18.4 Å². The highest BCUT2D eigenvalue weighted by Crippen LogP contribution is 2.27. The number of carbonyl (C=O) groups is 2. The molecule has 2 aromatic rings. The average molecular weight is 294 g/mol. The van der Waals surface area contributed by atoms with Crippen molar-refractivity contribution in [3.63, 3.8) is 0 Å². The van der Waals surface area contributed by atoms with Gasteiger partial charge in [-0.2, -0.15) is 0 Å². The van der Waals surface area contributed by atoms with Gasteiger partial charge in [0, 0.05) is 23.5 Å². The molecule has 2 aromatic carbocycles. The first-order valence-electron chi connectivity index (χ1n) is 7.48. The van der Waals surface area contributed by atoms with E-state index in [4.69, 9.17) is 4.74 Å². The Hall–Kier alpha value is -2.42. The maximum absolute atomic E-state index is 12.7. The number of benzene rings is 2. The molecule has 0 bridgehead atoms. The molecule has 3 nitrogen and oxygen atoms in total. The molecule has 1 atom stereocenters. The molecule has 0 fully saturated rings. The van der Waals surface area contributed by atoms with Gasteiger partial charge in [0.1, 0.15) is 5.75 Å². The Kier molecular flexibility index (Phi) is 4.05. The Morgan fingerprint density at radius 1 is 1.09 bits per heavy atom. The lowest BCUT2D eigenvalue weighted by molar-refractivity contribution is 0.0851. The van der Waals surface area contributed by atoms with Gasteiger partial charge in [-0.1, -0.05) is 24.3 Å². The summed E-state index contributed by atoms with van der Waals surface area (Å²) >= 11 is 0. The zero-order valence-corrected chi connectivity index (χ0v) is 12.5. The quantitative estimate of drug-likeness (QED) is 0.640. The van der Waals surface area contributed by atoms with Crippen LogP contribution in [0, 0.1) is 5.92 Å². The highest BCUT2D eigenvalue weighted by Gasteiger charge is 2.27. The minimum Gasteiger partial charge on any atom is -0.497 e. The summed E-state index contributed by atoms with van der Waals surface area (Å²) in [6.45, 7) is 0. The van der Waals surface area contributed by atoms with Crippen LogP contribution < -0.4 is 4.74 Å². The number of carbonyl (C=O) groups excluding carboxylic acids is 2. The molecule has 112 valence electrons. The maximum atomic E-state index is 12.7. The van der Waals surface area contributed by atoms with Crippen LogP contribution in [-0.4, -0.2) is 18.7 Å². The van der Waals surface area contributed by atoms with Crippen LogP contribution in [0.3, 0.4) is 0 Å². The molecule has 0 saturated carbocycles. The van der Waals surface area contributed by atoms with Crippen molar-refractivity contribution in [2.75, 3.05) is 7.11 Å². The number of hydrogen-bond acceptors (Lipinski definition) is 3. The van der Waals surface area contributed by atoms with Gasteiger partial charge in [-0.15, -0.1) is 0 Å². The van der Waals surface area contributed by atoms with Crippen molar-refractivity contribution in [1.82, 2.24) is 0 Å². The molecular weight excluding hydrogens is 276 g/mol. The third-order valence-electron chi connectivity index (χ3n) is 4.26. The Labute approximate surface area is 129 Å². The van der Waals surface area contributed by atoms with E-state index in [0.717, 1.165) is 23.3 Å². The minimum absolute atomic E-state index is 0.0452. The number of ether oxygens (including phenoxy) is 1. The van der Waals surface area contributed by atoms with Gasteiger partial charge in [0.05, 0.1) is 7.11 Å². The van der Waals surface area contributed by atoms with E-state index < -0.39 is 0 Å². The lowest BCUT2D eigenvalue weighted by Crippen LogP contribution is -2.17. The molecule has 22 heavy (non-hydrogen) atoms. The van der Waals surface area contributed by atoms with Crippen LogP contribution in [0.5, 0.6) is 5.75 Å². The van der Waals surface area contributed by atoms with Crippen LogP contribution in [0.4, 0.5) is 0 Å². The van der Waals surface area contributed by atoms with Crippen molar-refractivity contribution in [3.05, 3.63) is 65.2 Å². The van der Waals surface area contributed by atoms with E-state index in [-0.39, 0.29) is 17.5 Å². The van der Waals surface area contributed by atoms with Gasteiger partial charge < -0.3 is 4.74 Å². The molecule has 0 saturated heterocycles. The van der Waals surface area contributed by atoms with Crippen molar-refractivity contribution in [2.45, 2.75) is 19.3 Å². The zero-order chi connectivity index (χ0) is 15.5. The average Bonchev–Trinajstić information content (AvgIpc) is 2.74. The second kappa shape index (κ2) is 6.14. The largest absolute Gasteiger partial charge is 0.497 e. The number of aryl methyl sites for hydroxylation is 1. The van der Waals surface area contributed by atoms with Crippen molar-refractivity contribution in [1.29, 1.82) is 0 Å². The first-order valence-corrected chi connectivity index (χ1v) is 7.48. The fourth-order valence-corrected chi connectivity index (χ4v) is 2.99. The molecule has 0 aliphatic heterocycles. The van der Waals surface area contributed by atoms with Gasteiger partial charge in [0.2, 0.25) is 0 Å². The molecule has 0 amide bonds. The fourth-order valence-electron chi connectivity index (χ4n) is 2.99. The summed E-state index contributed by atoms with van der Waals surface area (Å²) in [5.74, 6) is 0.595. The third-order valence-corrected chi connectivity index (χ3v) is 4.26. The second-order valence-corrected chi connectivity index (χ2v) is 5.61. The van der Waals surface area contributed by atoms with Crippen LogP contribution in [-0.2, 0) is 6.42 Å². The van der Waals surface area contributed by atoms with Gasteiger partial charge >= 0.3 is 0 Å². The van der Waals surface area contributed by atoms with Gasteiger partial charge in [-0.3, -0.25) is 9.59 Å². The van der Waals surface area contributed by atoms with E-state index in [9.17, 15) is 9.59 Å². The Balaban J connectivity index is 1.81. The highest BCUT2D eigenvalue weighted by atomic mass is 16.5. The molecule has 1 unspecified atom stereocenters. The molecule has 0 N–H and O–H groups in total. The molecule has 1 aliphatic carbocycles. The summed E-state index contributed by atoms with van der Waals surface area (Å²) in [4.78, 5) is 25.0. The van der Waals surface area contributed by atoms with Crippen LogP contribution in [0.25, 0.3) is 0 Å². The number of Topliss-reactive ketones (excluding diaryl/α,β-unsaturated/α-hetero) is 2. The number of hydrogen-bond donors (Lipinski definition) is 0. The summed E-state index contributed by atoms with van der Waals surface area (Å²) in [6.07, 6.45) is 1.78. The van der Waals surface area contributed by atoms with Gasteiger partial charge in [-0.05, 0) is 42.7 Å². The lowest BCUT2D eigenvalue weighted by atomic mass is 9.90. The number of methoxy groups -OCH3 is 1. The lowest BCUT2D eigenvalue weighted by Gasteiger charge is -2.12. The van der Waals surface area contributed by atoms with Crippen molar-refractivity contribution >= 4 is 11.6 Å². The molecule has 3 heteroatoms. The Morgan fingerprint density at radius 2 is 1.82 bits per heavy atom. The smallest absolute Gasteiger partial charge is 0.166 e. The van der Waals surface area contributed by atoms with Crippen LogP contribution in [0.15, 0.2) is 48.5 Å². The number of fused-ring (bicyclic) bond motifs is 1. The van der Waals surface area contributed by atoms with Gasteiger partial charge in [0.25, 0.3) is 0 Å². The summed E-state index contributed by atoms with van der Waals surface area (Å²) in [5, 5.41) is 0. The summed E-state index contributed by atoms with van der Waals surface area (Å²) < 4.78 is 5.11. The van der Waals surface area contributed by atoms with E-state index in [1.807, 2.05) is 24.3 Å². The van der Waals surface area contributed by atoms with Gasteiger partial charge in [-0.25, -0.2) is 0 Å². The molecule has 3 rings (SSSR count). The summed E-state index contributed by atoms with van der Waals surface area (Å²) in [6, 6.07) is 14.7. The van der Waals surface area contributed by atoms with Crippen molar-refractivity contribution < 1.29 is 14.3 Å².